The summed E-state index contributed by atoms with van der Waals surface area (Å²) in [7, 11) is 0. The number of carbonyl (C=O) groups excluding carboxylic acids is 3. The summed E-state index contributed by atoms with van der Waals surface area (Å²) >= 11 is 0. The minimum atomic E-state index is -0.610. The van der Waals surface area contributed by atoms with Crippen LogP contribution in [-0.2, 0) is 19.7 Å². The molecule has 8 heteroatoms. The lowest BCUT2D eigenvalue weighted by Crippen LogP contribution is -2.37. The second-order valence-corrected chi connectivity index (χ2v) is 10.9. The molecule has 0 saturated heterocycles. The minimum Gasteiger partial charge on any atom is -0.462 e. The number of hydrogen-bond donors (Lipinski definition) is 2. The van der Waals surface area contributed by atoms with Crippen LogP contribution in [0.25, 0.3) is 16.5 Å². The first kappa shape index (κ1) is 26.1. The molecule has 2 N–H and O–H groups in total. The Kier molecular flexibility index (Phi) is 6.71. The van der Waals surface area contributed by atoms with Gasteiger partial charge in [0.1, 0.15) is 5.82 Å². The number of nitrogens with zero attached hydrogens (tertiary/aromatic N) is 1. The largest absolute Gasteiger partial charge is 0.462 e. The van der Waals surface area contributed by atoms with E-state index in [0.717, 1.165) is 16.5 Å². The topological polar surface area (TPSA) is 91.5 Å². The normalized spacial score (nSPS) is 15.0. The molecular weight excluding hydrogens is 473 g/mol. The summed E-state index contributed by atoms with van der Waals surface area (Å²) in [5, 5.41) is 3.80. The smallest absolute Gasteiger partial charge is 0.341 e. The maximum absolute atomic E-state index is 13.5. The minimum absolute atomic E-state index is 0.115. The van der Waals surface area contributed by atoms with Crippen molar-refractivity contribution in [1.29, 1.82) is 0 Å². The third-order valence-corrected chi connectivity index (χ3v) is 6.38. The van der Waals surface area contributed by atoms with Crippen LogP contribution in [0.4, 0.5) is 10.1 Å². The highest BCUT2D eigenvalue weighted by Crippen LogP contribution is 2.41. The van der Waals surface area contributed by atoms with Gasteiger partial charge in [-0.1, -0.05) is 34.6 Å². The molecule has 1 aliphatic heterocycles. The van der Waals surface area contributed by atoms with Gasteiger partial charge in [0, 0.05) is 45.7 Å². The van der Waals surface area contributed by atoms with Gasteiger partial charge < -0.3 is 19.9 Å². The van der Waals surface area contributed by atoms with E-state index in [1.807, 2.05) is 52.8 Å². The van der Waals surface area contributed by atoms with E-state index in [-0.39, 0.29) is 30.5 Å². The fourth-order valence-electron chi connectivity index (χ4n) is 4.52. The van der Waals surface area contributed by atoms with Crippen molar-refractivity contribution in [1.82, 2.24) is 9.88 Å². The highest BCUT2D eigenvalue weighted by Gasteiger charge is 2.37. The van der Waals surface area contributed by atoms with Crippen molar-refractivity contribution >= 4 is 39.9 Å². The number of aromatic nitrogens is 1. The van der Waals surface area contributed by atoms with Crippen molar-refractivity contribution in [3.8, 4) is 0 Å². The van der Waals surface area contributed by atoms with Crippen molar-refractivity contribution in [3.63, 3.8) is 0 Å². The third kappa shape index (κ3) is 5.14. The quantitative estimate of drug-likeness (QED) is 0.450. The molecule has 4 rings (SSSR count). The van der Waals surface area contributed by atoms with E-state index in [0.29, 0.717) is 16.9 Å². The Balaban J connectivity index is 1.85. The molecule has 0 saturated carbocycles. The van der Waals surface area contributed by atoms with Gasteiger partial charge >= 0.3 is 5.97 Å². The lowest BCUT2D eigenvalue weighted by Gasteiger charge is -2.29. The van der Waals surface area contributed by atoms with Crippen molar-refractivity contribution in [2.75, 3.05) is 18.5 Å². The summed E-state index contributed by atoms with van der Waals surface area (Å²) in [4.78, 5) is 44.0. The predicted molar refractivity (Wildman–Crippen MR) is 141 cm³/mol. The van der Waals surface area contributed by atoms with Crippen LogP contribution in [0.5, 0.6) is 0 Å². The molecule has 0 fully saturated rings. The lowest BCUT2D eigenvalue weighted by atomic mass is 9.81. The van der Waals surface area contributed by atoms with Gasteiger partial charge in [-0.25, -0.2) is 9.18 Å². The second kappa shape index (κ2) is 9.50. The summed E-state index contributed by atoms with van der Waals surface area (Å²) in [5.74, 6) is -1.48. The average molecular weight is 506 g/mol. The lowest BCUT2D eigenvalue weighted by molar-refractivity contribution is -0.136. The zero-order valence-electron chi connectivity index (χ0n) is 22.0. The summed E-state index contributed by atoms with van der Waals surface area (Å²) in [5.41, 5.74) is 2.17. The second-order valence-electron chi connectivity index (χ2n) is 10.9. The fraction of sp³-hybridized carbons (Fsp3) is 0.345. The molecule has 0 aliphatic carbocycles. The average Bonchev–Trinajstić information content (AvgIpc) is 3.15. The van der Waals surface area contributed by atoms with E-state index in [2.05, 4.69) is 10.3 Å². The van der Waals surface area contributed by atoms with Crippen molar-refractivity contribution < 1.29 is 23.5 Å². The van der Waals surface area contributed by atoms with Crippen LogP contribution >= 0.6 is 0 Å². The van der Waals surface area contributed by atoms with Crippen LogP contribution in [0, 0.1) is 11.2 Å². The molecule has 0 bridgehead atoms. The van der Waals surface area contributed by atoms with Crippen LogP contribution in [0.2, 0.25) is 0 Å². The Hall–Kier alpha value is -3.94. The number of halogens is 1. The molecule has 2 aromatic carbocycles. The Bertz CT molecular complexity index is 1410. The van der Waals surface area contributed by atoms with Crippen LogP contribution in [0.3, 0.4) is 0 Å². The van der Waals surface area contributed by atoms with Gasteiger partial charge in [0.25, 0.3) is 5.91 Å². The molecule has 0 radical (unpaired) electrons. The van der Waals surface area contributed by atoms with E-state index in [1.165, 1.54) is 35.4 Å². The highest BCUT2D eigenvalue weighted by atomic mass is 19.1. The molecule has 3 aromatic rings. The van der Waals surface area contributed by atoms with Gasteiger partial charge in [0.2, 0.25) is 5.91 Å². The fourth-order valence-corrected chi connectivity index (χ4v) is 4.52. The maximum atomic E-state index is 13.5. The van der Waals surface area contributed by atoms with Crippen LogP contribution in [0.15, 0.2) is 48.7 Å². The molecule has 194 valence electrons. The molecule has 2 heterocycles. The Morgan fingerprint density at radius 3 is 2.41 bits per heavy atom. The third-order valence-electron chi connectivity index (χ3n) is 6.38. The van der Waals surface area contributed by atoms with E-state index >= 15 is 0 Å². The van der Waals surface area contributed by atoms with Gasteiger partial charge in [-0.05, 0) is 55.0 Å². The molecule has 0 spiro atoms. The first-order valence-electron chi connectivity index (χ1n) is 12.3. The summed E-state index contributed by atoms with van der Waals surface area (Å²) < 4.78 is 18.8. The summed E-state index contributed by atoms with van der Waals surface area (Å²) in [6.45, 7) is 11.7. The number of rotatable bonds is 4. The molecule has 0 atom stereocenters. The molecule has 7 nitrogen and oxygen atoms in total. The Morgan fingerprint density at radius 1 is 1.11 bits per heavy atom. The standard InChI is InChI=1S/C29H32FN3O4/c1-7-37-26(35)21-15-33(25(34)17-8-10-18(30)11-9-17)16-29(5,6)23-20-14-19(31-27(36)28(2,3)4)12-13-22(20)32-24(21)23/h8-15,32H,7,16H2,1-6H3,(H,31,36). The van der Waals surface area contributed by atoms with Gasteiger partial charge in [0.15, 0.2) is 0 Å². The highest BCUT2D eigenvalue weighted by molar-refractivity contribution is 6.18. The number of benzene rings is 2. The number of nitrogens with one attached hydrogen (secondary N) is 2. The van der Waals surface area contributed by atoms with Crippen LogP contribution in [-0.4, -0.2) is 40.8 Å². The molecule has 0 unspecified atom stereocenters. The van der Waals surface area contributed by atoms with Crippen LogP contribution < -0.4 is 5.32 Å². The van der Waals surface area contributed by atoms with Crippen molar-refractivity contribution in [2.24, 2.45) is 5.41 Å². The van der Waals surface area contributed by atoms with E-state index < -0.39 is 22.6 Å². The van der Waals surface area contributed by atoms with E-state index in [1.54, 1.807) is 6.92 Å². The molecule has 1 aromatic heterocycles. The zero-order chi connectivity index (χ0) is 27.1. The monoisotopic (exact) mass is 505 g/mol. The van der Waals surface area contributed by atoms with Gasteiger partial charge in [0.05, 0.1) is 17.9 Å². The first-order chi connectivity index (χ1) is 17.3. The zero-order valence-corrected chi connectivity index (χ0v) is 22.0. The number of carbonyl (C=O) groups is 3. The number of anilines is 1. The van der Waals surface area contributed by atoms with Gasteiger partial charge in [-0.3, -0.25) is 9.59 Å². The van der Waals surface area contributed by atoms with E-state index in [4.69, 9.17) is 4.74 Å². The Labute approximate surface area is 215 Å². The Morgan fingerprint density at radius 2 is 1.78 bits per heavy atom. The molecular formula is C29H32FN3O4. The number of aromatic amines is 1. The SMILES string of the molecule is CCOC(=O)C1=CN(C(=O)c2ccc(F)cc2)CC(C)(C)c2c1[nH]c1ccc(NC(=O)C(C)(C)C)cc21. The van der Waals surface area contributed by atoms with Crippen LogP contribution in [0.1, 0.15) is 63.2 Å². The number of ether oxygens (including phenoxy) is 1. The van der Waals surface area contributed by atoms with Gasteiger partial charge in [-0.15, -0.1) is 0 Å². The van der Waals surface area contributed by atoms with E-state index in [9.17, 15) is 18.8 Å². The maximum Gasteiger partial charge on any atom is 0.341 e. The molecule has 1 aliphatic rings. The predicted octanol–water partition coefficient (Wildman–Crippen LogP) is 5.63. The first-order valence-corrected chi connectivity index (χ1v) is 12.3. The number of H-pyrrole nitrogens is 1. The summed E-state index contributed by atoms with van der Waals surface area (Å²) in [6.07, 6.45) is 1.51. The number of hydrogen-bond acceptors (Lipinski definition) is 4. The molecule has 37 heavy (non-hydrogen) atoms. The summed E-state index contributed by atoms with van der Waals surface area (Å²) in [6, 6.07) is 10.9. The molecule has 2 amide bonds. The number of fused-ring (bicyclic) bond motifs is 3. The number of amides is 2. The van der Waals surface area contributed by atoms with Gasteiger partial charge in [-0.2, -0.15) is 0 Å². The van der Waals surface area contributed by atoms with Crippen molar-refractivity contribution in [2.45, 2.75) is 47.0 Å². The number of esters is 1. The van der Waals surface area contributed by atoms with Crippen molar-refractivity contribution in [3.05, 3.63) is 71.3 Å².